The second kappa shape index (κ2) is 12.4. The molecule has 0 saturated carbocycles. The van der Waals surface area contributed by atoms with E-state index in [2.05, 4.69) is 52.8 Å². The Morgan fingerprint density at radius 3 is 2.38 bits per heavy atom. The number of esters is 2. The Morgan fingerprint density at radius 2 is 1.75 bits per heavy atom. The highest BCUT2D eigenvalue weighted by molar-refractivity contribution is 9.11. The van der Waals surface area contributed by atoms with Gasteiger partial charge in [0.05, 0.1) is 47.1 Å². The summed E-state index contributed by atoms with van der Waals surface area (Å²) < 4.78 is 25.3. The molecule has 9 nitrogen and oxygen atoms in total. The number of carbonyl (C=O) groups excluding carboxylic acids is 2. The van der Waals surface area contributed by atoms with Crippen LogP contribution in [0.2, 0.25) is 0 Å². The maximum absolute atomic E-state index is 14.0. The van der Waals surface area contributed by atoms with Crippen molar-refractivity contribution in [2.45, 2.75) is 26.8 Å². The number of hydrogen-bond acceptors (Lipinski definition) is 9. The third kappa shape index (κ3) is 5.83. The van der Waals surface area contributed by atoms with E-state index >= 15 is 0 Å². The first-order valence-corrected chi connectivity index (χ1v) is 15.0. The minimum Gasteiger partial charge on any atom is -0.493 e. The van der Waals surface area contributed by atoms with E-state index in [1.165, 1.54) is 25.7 Å². The number of rotatable bonds is 7. The Balaban J connectivity index is 2.04. The minimum atomic E-state index is -0.881. The predicted molar refractivity (Wildman–Crippen MR) is 161 cm³/mol. The topological polar surface area (TPSA) is 105 Å². The number of hydrogen-bond donors (Lipinski definition) is 0. The molecule has 0 bridgehead atoms. The maximum Gasteiger partial charge on any atom is 0.338 e. The predicted octanol–water partition coefficient (Wildman–Crippen LogP) is 5.03. The molecule has 0 fully saturated rings. The SMILES string of the molecule is CCOC(=O)C1=C(C)N=c2s/c(=C\c3cc(Br)cc(Br)c3OC(C)=O)c(=O)n2[C@H]1c1cc(OC)c(OC)cc1Br. The lowest BCUT2D eigenvalue weighted by molar-refractivity contribution is -0.139. The molecule has 0 unspecified atom stereocenters. The Kier molecular flexibility index (Phi) is 9.38. The Labute approximate surface area is 258 Å². The van der Waals surface area contributed by atoms with E-state index in [1.54, 1.807) is 44.2 Å². The third-order valence-corrected chi connectivity index (χ3v) is 8.60. The fourth-order valence-electron chi connectivity index (χ4n) is 4.25. The largest absolute Gasteiger partial charge is 0.493 e. The number of ether oxygens (including phenoxy) is 4. The molecule has 2 heterocycles. The zero-order chi connectivity index (χ0) is 29.3. The van der Waals surface area contributed by atoms with Gasteiger partial charge in [0.1, 0.15) is 0 Å². The van der Waals surface area contributed by atoms with Gasteiger partial charge in [0.15, 0.2) is 22.0 Å². The van der Waals surface area contributed by atoms with E-state index in [9.17, 15) is 14.4 Å². The van der Waals surface area contributed by atoms with Gasteiger partial charge in [-0.15, -0.1) is 0 Å². The number of fused-ring (bicyclic) bond motifs is 1. The standard InChI is InChI=1S/C27H23Br3N2O7S/c1-6-38-26(35)22-12(2)31-27-32(23(22)16-10-19(36-4)20(37-5)11-17(16)29)25(34)21(40-27)8-14-7-15(28)9-18(30)24(14)39-13(3)33/h7-11,23H,6H2,1-5H3/b21-8-/t23-/m0/s1. The third-order valence-electron chi connectivity index (χ3n) is 5.88. The Morgan fingerprint density at radius 1 is 1.07 bits per heavy atom. The van der Waals surface area contributed by atoms with E-state index in [0.717, 1.165) is 11.3 Å². The van der Waals surface area contributed by atoms with E-state index in [1.807, 2.05) is 0 Å². The summed E-state index contributed by atoms with van der Waals surface area (Å²) in [5, 5.41) is 0. The maximum atomic E-state index is 14.0. The van der Waals surface area contributed by atoms with Gasteiger partial charge >= 0.3 is 11.9 Å². The lowest BCUT2D eigenvalue weighted by Gasteiger charge is -2.26. The van der Waals surface area contributed by atoms with Crippen LogP contribution >= 0.6 is 59.1 Å². The molecule has 0 saturated heterocycles. The number of methoxy groups -OCH3 is 2. The summed E-state index contributed by atoms with van der Waals surface area (Å²) >= 11 is 11.6. The van der Waals surface area contributed by atoms with Crippen LogP contribution in [0.4, 0.5) is 0 Å². The molecule has 0 aliphatic carbocycles. The molecule has 3 aromatic rings. The number of allylic oxidation sites excluding steroid dienone is 1. The van der Waals surface area contributed by atoms with Crippen LogP contribution in [0.25, 0.3) is 6.08 Å². The zero-order valence-electron chi connectivity index (χ0n) is 22.0. The van der Waals surface area contributed by atoms with Gasteiger partial charge in [-0.2, -0.15) is 0 Å². The number of thiazole rings is 1. The first-order valence-electron chi connectivity index (χ1n) is 11.8. The van der Waals surface area contributed by atoms with Gasteiger partial charge in [-0.3, -0.25) is 14.2 Å². The van der Waals surface area contributed by atoms with Crippen molar-refractivity contribution < 1.29 is 28.5 Å². The van der Waals surface area contributed by atoms with Crippen molar-refractivity contribution in [2.24, 2.45) is 4.99 Å². The highest BCUT2D eigenvalue weighted by Crippen LogP contribution is 2.41. The monoisotopic (exact) mass is 756 g/mol. The second-order valence-electron chi connectivity index (χ2n) is 8.43. The fourth-order valence-corrected chi connectivity index (χ4v) is 7.16. The molecule has 210 valence electrons. The fraction of sp³-hybridized carbons (Fsp3) is 0.259. The van der Waals surface area contributed by atoms with E-state index in [0.29, 0.717) is 51.1 Å². The smallest absolute Gasteiger partial charge is 0.338 e. The van der Waals surface area contributed by atoms with Crippen LogP contribution in [0, 0.1) is 0 Å². The molecule has 4 rings (SSSR count). The number of carbonyl (C=O) groups is 2. The Hall–Kier alpha value is -2.74. The highest BCUT2D eigenvalue weighted by Gasteiger charge is 2.35. The van der Waals surface area contributed by atoms with Gasteiger partial charge in [0.25, 0.3) is 5.56 Å². The molecule has 1 aliphatic heterocycles. The van der Waals surface area contributed by atoms with Gasteiger partial charge in [-0.25, -0.2) is 9.79 Å². The minimum absolute atomic E-state index is 0.149. The summed E-state index contributed by atoms with van der Waals surface area (Å²) in [4.78, 5) is 44.0. The first kappa shape index (κ1) is 30.2. The molecule has 0 N–H and O–H groups in total. The van der Waals surface area contributed by atoms with E-state index in [-0.39, 0.29) is 17.9 Å². The summed E-state index contributed by atoms with van der Waals surface area (Å²) in [6, 6.07) is 6.02. The average Bonchev–Trinajstić information content (AvgIpc) is 3.19. The summed E-state index contributed by atoms with van der Waals surface area (Å²) in [5.74, 6) is 0.0712. The molecule has 1 aromatic heterocycles. The van der Waals surface area contributed by atoms with Crippen LogP contribution in [0.15, 0.2) is 58.7 Å². The van der Waals surface area contributed by atoms with Crippen LogP contribution in [0.1, 0.15) is 37.9 Å². The molecule has 1 aliphatic rings. The molecule has 0 amide bonds. The second-order valence-corrected chi connectivity index (χ2v) is 12.1. The average molecular weight is 759 g/mol. The van der Waals surface area contributed by atoms with Crippen molar-refractivity contribution in [1.82, 2.24) is 4.57 Å². The van der Waals surface area contributed by atoms with Crippen LogP contribution < -0.4 is 29.1 Å². The van der Waals surface area contributed by atoms with E-state index < -0.39 is 23.5 Å². The highest BCUT2D eigenvalue weighted by atomic mass is 79.9. The quantitative estimate of drug-likeness (QED) is 0.246. The van der Waals surface area contributed by atoms with Crippen LogP contribution in [0.5, 0.6) is 17.2 Å². The summed E-state index contributed by atoms with van der Waals surface area (Å²) in [6.45, 7) is 4.86. The van der Waals surface area contributed by atoms with Crippen LogP contribution in [0.3, 0.4) is 0 Å². The van der Waals surface area contributed by atoms with Crippen LogP contribution in [-0.4, -0.2) is 37.3 Å². The van der Waals surface area contributed by atoms with Gasteiger partial charge in [-0.05, 0) is 65.7 Å². The summed E-state index contributed by atoms with van der Waals surface area (Å²) in [7, 11) is 3.02. The molecule has 0 spiro atoms. The number of halogens is 3. The lowest BCUT2D eigenvalue weighted by atomic mass is 9.95. The van der Waals surface area contributed by atoms with Gasteiger partial charge < -0.3 is 18.9 Å². The molecular formula is C27H23Br3N2O7S. The molecule has 1 atom stereocenters. The van der Waals surface area contributed by atoms with E-state index in [4.69, 9.17) is 18.9 Å². The van der Waals surface area contributed by atoms with Gasteiger partial charge in [0.2, 0.25) is 0 Å². The molecule has 40 heavy (non-hydrogen) atoms. The molecule has 0 radical (unpaired) electrons. The number of aromatic nitrogens is 1. The summed E-state index contributed by atoms with van der Waals surface area (Å²) in [6.07, 6.45) is 1.63. The van der Waals surface area contributed by atoms with Crippen molar-refractivity contribution in [3.8, 4) is 17.2 Å². The van der Waals surface area contributed by atoms with Crippen molar-refractivity contribution in [3.05, 3.63) is 79.8 Å². The Bertz CT molecular complexity index is 1740. The molecular weight excluding hydrogens is 736 g/mol. The normalized spacial score (nSPS) is 14.9. The van der Waals surface area contributed by atoms with Crippen molar-refractivity contribution >= 4 is 77.1 Å². The van der Waals surface area contributed by atoms with Crippen molar-refractivity contribution in [1.29, 1.82) is 0 Å². The lowest BCUT2D eigenvalue weighted by Crippen LogP contribution is -2.40. The number of benzene rings is 2. The first-order chi connectivity index (χ1) is 19.0. The van der Waals surface area contributed by atoms with Gasteiger partial charge in [-0.1, -0.05) is 43.2 Å². The van der Waals surface area contributed by atoms with Crippen molar-refractivity contribution in [2.75, 3.05) is 20.8 Å². The molecule has 2 aromatic carbocycles. The zero-order valence-corrected chi connectivity index (χ0v) is 27.5. The van der Waals surface area contributed by atoms with Crippen LogP contribution in [-0.2, 0) is 14.3 Å². The summed E-state index contributed by atoms with van der Waals surface area (Å²) in [5.41, 5.74) is 1.32. The number of nitrogens with zero attached hydrogens (tertiary/aromatic N) is 2. The van der Waals surface area contributed by atoms with Crippen molar-refractivity contribution in [3.63, 3.8) is 0 Å². The molecule has 13 heteroatoms. The van der Waals surface area contributed by atoms with Gasteiger partial charge in [0, 0.05) is 21.4 Å².